The molecule has 0 aromatic carbocycles. The first-order chi connectivity index (χ1) is 17.1. The van der Waals surface area contributed by atoms with Gasteiger partial charge in [0.05, 0.1) is 17.6 Å². The van der Waals surface area contributed by atoms with E-state index in [2.05, 4.69) is 34.6 Å². The van der Waals surface area contributed by atoms with Crippen LogP contribution in [0.2, 0.25) is 19.6 Å². The number of anilines is 1. The van der Waals surface area contributed by atoms with Crippen LogP contribution in [0, 0.1) is 11.5 Å². The number of fused-ring (bicyclic) bond motifs is 1. The van der Waals surface area contributed by atoms with Gasteiger partial charge in [0.2, 0.25) is 0 Å². The largest absolute Gasteiger partial charge is 0.490 e. The van der Waals surface area contributed by atoms with Gasteiger partial charge in [0, 0.05) is 6.20 Å². The lowest BCUT2D eigenvalue weighted by molar-refractivity contribution is -0.0947. The highest BCUT2D eigenvalue weighted by Crippen LogP contribution is 2.66. The van der Waals surface area contributed by atoms with E-state index in [1.807, 2.05) is 19.6 Å². The lowest BCUT2D eigenvalue weighted by Gasteiger charge is -2.27. The molecule has 0 amide bonds. The summed E-state index contributed by atoms with van der Waals surface area (Å²) in [5.41, 5.74) is 7.84. The van der Waals surface area contributed by atoms with Crippen LogP contribution in [0.4, 0.5) is 5.82 Å². The van der Waals surface area contributed by atoms with Crippen molar-refractivity contribution >= 4 is 48.4 Å². The number of hydrogen-bond donors (Lipinski definition) is 7. The van der Waals surface area contributed by atoms with E-state index in [4.69, 9.17) is 20.3 Å². The fraction of sp³-hybridized carbons (Fsp3) is 0.529. The number of phosphoric acid groups is 3. The zero-order chi connectivity index (χ0) is 28.9. The van der Waals surface area contributed by atoms with E-state index < -0.39 is 62.2 Å². The predicted octanol–water partition coefficient (Wildman–Crippen LogP) is 0.595. The van der Waals surface area contributed by atoms with Crippen LogP contribution in [-0.4, -0.2) is 76.8 Å². The van der Waals surface area contributed by atoms with Crippen LogP contribution in [0.5, 0.6) is 0 Å². The molecule has 17 nitrogen and oxygen atoms in total. The van der Waals surface area contributed by atoms with Crippen LogP contribution in [0.1, 0.15) is 18.7 Å². The molecule has 1 aliphatic rings. The Kier molecular flexibility index (Phi) is 8.55. The molecular weight excluding hydrogens is 589 g/mol. The summed E-state index contributed by atoms with van der Waals surface area (Å²) in [6, 6.07) is 0. The Bertz CT molecular complexity index is 1430. The molecule has 1 fully saturated rings. The minimum atomic E-state index is -5.74. The van der Waals surface area contributed by atoms with Gasteiger partial charge in [-0.25, -0.2) is 23.7 Å². The summed E-state index contributed by atoms with van der Waals surface area (Å²) < 4.78 is 53.2. The van der Waals surface area contributed by atoms with Gasteiger partial charge in [0.15, 0.2) is 6.23 Å². The van der Waals surface area contributed by atoms with Crippen molar-refractivity contribution in [3.63, 3.8) is 0 Å². The van der Waals surface area contributed by atoms with E-state index in [-0.39, 0.29) is 11.5 Å². The summed E-state index contributed by atoms with van der Waals surface area (Å²) in [6.45, 7) is 6.33. The standard InChI is InChI=1S/C17H27N4O13P3Si/c1-17(23)13(22)11(8-31-36(27,28)34-37(29,30)33-35(24,25)26)32-16(17)21-7-10(5-6-38(2,3)4)12-14(18)19-9-20-15(12)21/h7,9,11,13,16,22-23H,8H2,1-4H3,(H,27,28)(H,29,30)(H2,18,19,20)(H2,24,25,26)/t11-,13-,16-,17-/m1/s1. The van der Waals surface area contributed by atoms with Crippen molar-refractivity contribution in [3.05, 3.63) is 18.1 Å². The zero-order valence-corrected chi connectivity index (χ0v) is 24.1. The summed E-state index contributed by atoms with van der Waals surface area (Å²) in [5, 5.41) is 22.1. The van der Waals surface area contributed by atoms with Crippen LogP contribution in [-0.2, 0) is 31.6 Å². The maximum absolute atomic E-state index is 12.1. The molecule has 2 aromatic rings. The summed E-state index contributed by atoms with van der Waals surface area (Å²) in [5.74, 6) is 3.15. The molecule has 3 heterocycles. The fourth-order valence-corrected chi connectivity index (χ4v) is 7.02. The number of nitrogens with two attached hydrogens (primary N) is 1. The van der Waals surface area contributed by atoms with Crippen molar-refractivity contribution in [1.29, 1.82) is 0 Å². The van der Waals surface area contributed by atoms with Crippen molar-refractivity contribution in [2.75, 3.05) is 12.3 Å². The summed E-state index contributed by atoms with van der Waals surface area (Å²) in [7, 11) is -18.6. The molecule has 6 atom stereocenters. The second-order valence-electron chi connectivity index (χ2n) is 9.49. The second-order valence-corrected chi connectivity index (χ2v) is 18.7. The third-order valence-corrected chi connectivity index (χ3v) is 9.71. The number of hydrogen-bond acceptors (Lipinski definition) is 12. The molecular formula is C17H27N4O13P3Si. The van der Waals surface area contributed by atoms with Crippen LogP contribution in [0.15, 0.2) is 12.5 Å². The lowest BCUT2D eigenvalue weighted by Crippen LogP contribution is -2.44. The maximum Gasteiger partial charge on any atom is 0.490 e. The van der Waals surface area contributed by atoms with Gasteiger partial charge in [-0.1, -0.05) is 25.6 Å². The Hall–Kier alpha value is -1.51. The number of nitrogens with zero attached hydrogens (tertiary/aromatic N) is 3. The van der Waals surface area contributed by atoms with E-state index in [0.717, 1.165) is 0 Å². The predicted molar refractivity (Wildman–Crippen MR) is 133 cm³/mol. The molecule has 0 saturated carbocycles. The average Bonchev–Trinajstić information content (AvgIpc) is 3.18. The molecule has 0 radical (unpaired) electrons. The molecule has 2 unspecified atom stereocenters. The first-order valence-electron chi connectivity index (χ1n) is 10.6. The van der Waals surface area contributed by atoms with Gasteiger partial charge in [-0.15, -0.1) is 5.54 Å². The Morgan fingerprint density at radius 1 is 1.16 bits per heavy atom. The molecule has 2 aromatic heterocycles. The smallest absolute Gasteiger partial charge is 0.387 e. The number of phosphoric ester groups is 1. The van der Waals surface area contributed by atoms with Gasteiger partial charge in [0.25, 0.3) is 0 Å². The Morgan fingerprint density at radius 2 is 1.79 bits per heavy atom. The van der Waals surface area contributed by atoms with Gasteiger partial charge in [-0.05, 0) is 6.92 Å². The van der Waals surface area contributed by atoms with E-state index >= 15 is 0 Å². The molecule has 212 valence electrons. The number of aromatic nitrogens is 3. The SMILES string of the molecule is C[C@@]1(O)[C@H](O)[C@@H](COP(=O)(O)OP(=O)(O)OP(=O)(O)O)O[C@H]1n1cc(C#C[Si](C)(C)C)c2c(N)ncnc21. The second kappa shape index (κ2) is 10.5. The van der Waals surface area contributed by atoms with Crippen molar-refractivity contribution in [2.24, 2.45) is 0 Å². The number of aliphatic hydroxyl groups is 2. The minimum Gasteiger partial charge on any atom is -0.387 e. The average molecular weight is 616 g/mol. The maximum atomic E-state index is 12.1. The molecule has 8 N–H and O–H groups in total. The number of ether oxygens (including phenoxy) is 1. The fourth-order valence-electron chi connectivity index (χ4n) is 3.49. The monoisotopic (exact) mass is 616 g/mol. The molecule has 0 aliphatic carbocycles. The van der Waals surface area contributed by atoms with E-state index in [1.54, 1.807) is 0 Å². The Labute approximate surface area is 217 Å². The van der Waals surface area contributed by atoms with Gasteiger partial charge < -0.3 is 44.8 Å². The molecule has 0 bridgehead atoms. The molecule has 3 rings (SSSR count). The van der Waals surface area contributed by atoms with E-state index in [9.17, 15) is 33.7 Å². The van der Waals surface area contributed by atoms with Crippen LogP contribution >= 0.6 is 23.5 Å². The number of rotatable bonds is 8. The quantitative estimate of drug-likeness (QED) is 0.121. The highest BCUT2D eigenvalue weighted by molar-refractivity contribution is 7.66. The van der Waals surface area contributed by atoms with Crippen molar-refractivity contribution in [1.82, 2.24) is 14.5 Å². The molecule has 21 heteroatoms. The minimum absolute atomic E-state index is 0.107. The van der Waals surface area contributed by atoms with Crippen LogP contribution in [0.3, 0.4) is 0 Å². The van der Waals surface area contributed by atoms with Crippen molar-refractivity contribution in [3.8, 4) is 11.5 Å². The Balaban J connectivity index is 1.88. The molecule has 38 heavy (non-hydrogen) atoms. The zero-order valence-electron chi connectivity index (χ0n) is 20.4. The summed E-state index contributed by atoms with van der Waals surface area (Å²) >= 11 is 0. The number of nitrogen functional groups attached to an aromatic ring is 1. The van der Waals surface area contributed by atoms with E-state index in [0.29, 0.717) is 10.9 Å². The summed E-state index contributed by atoms with van der Waals surface area (Å²) in [4.78, 5) is 44.4. The molecule has 0 spiro atoms. The van der Waals surface area contributed by atoms with Crippen LogP contribution in [0.25, 0.3) is 11.0 Å². The van der Waals surface area contributed by atoms with Gasteiger partial charge in [-0.3, -0.25) is 4.52 Å². The summed E-state index contributed by atoms with van der Waals surface area (Å²) in [6.07, 6.45) is -1.93. The van der Waals surface area contributed by atoms with Crippen molar-refractivity contribution < 1.29 is 61.4 Å². The van der Waals surface area contributed by atoms with E-state index in [1.165, 1.54) is 24.0 Å². The number of aliphatic hydroxyl groups excluding tert-OH is 1. The third kappa shape index (κ3) is 7.36. The van der Waals surface area contributed by atoms with Gasteiger partial charge in [0.1, 0.15) is 43.7 Å². The molecule has 1 aliphatic heterocycles. The highest BCUT2D eigenvalue weighted by Gasteiger charge is 2.54. The lowest BCUT2D eigenvalue weighted by atomic mass is 9.96. The first kappa shape index (κ1) is 31.0. The van der Waals surface area contributed by atoms with Crippen molar-refractivity contribution in [2.45, 2.75) is 50.6 Å². The topological polar surface area (TPSA) is 266 Å². The highest BCUT2D eigenvalue weighted by atomic mass is 31.3. The van der Waals surface area contributed by atoms with Crippen LogP contribution < -0.4 is 5.73 Å². The Morgan fingerprint density at radius 3 is 2.37 bits per heavy atom. The van der Waals surface area contributed by atoms with Gasteiger partial charge >= 0.3 is 23.5 Å². The normalized spacial score (nSPS) is 27.5. The third-order valence-electron chi connectivity index (χ3n) is 5.04. The molecule has 1 saturated heterocycles. The first-order valence-corrected chi connectivity index (χ1v) is 18.6. The van der Waals surface area contributed by atoms with Gasteiger partial charge in [-0.2, -0.15) is 8.62 Å².